The number of hydrogen-bond donors (Lipinski definition) is 2. The van der Waals surface area contributed by atoms with Crippen LogP contribution in [0.25, 0.3) is 27.9 Å². The second-order valence-electron chi connectivity index (χ2n) is 10.2. The molecule has 36 heavy (non-hydrogen) atoms. The molecule has 0 radical (unpaired) electrons. The van der Waals surface area contributed by atoms with E-state index in [4.69, 9.17) is 9.72 Å². The van der Waals surface area contributed by atoms with Crippen molar-refractivity contribution in [3.05, 3.63) is 42.0 Å². The van der Waals surface area contributed by atoms with Crippen LogP contribution in [0.5, 0.6) is 5.75 Å². The number of rotatable bonds is 7. The van der Waals surface area contributed by atoms with Crippen LogP contribution in [-0.2, 0) is 4.79 Å². The number of fused-ring (bicyclic) bond motifs is 2. The Bertz CT molecular complexity index is 1380. The number of pyridine rings is 2. The molecule has 4 aromatic rings. The Hall–Kier alpha value is -3.46. The molecule has 0 saturated heterocycles. The molecule has 190 valence electrons. The predicted octanol–water partition coefficient (Wildman–Crippen LogP) is 4.11. The van der Waals surface area contributed by atoms with Gasteiger partial charge in [-0.3, -0.25) is 9.78 Å². The van der Waals surface area contributed by atoms with Crippen molar-refractivity contribution in [1.82, 2.24) is 34.8 Å². The Morgan fingerprint density at radius 3 is 2.72 bits per heavy atom. The van der Waals surface area contributed by atoms with Crippen LogP contribution in [0.4, 0.5) is 0 Å². The zero-order chi connectivity index (χ0) is 25.4. The fourth-order valence-electron chi connectivity index (χ4n) is 5.28. The number of carbonyl (C=O) groups is 1. The van der Waals surface area contributed by atoms with Crippen LogP contribution in [0.3, 0.4) is 0 Å². The van der Waals surface area contributed by atoms with Gasteiger partial charge in [0.15, 0.2) is 11.4 Å². The number of H-pyrrole nitrogens is 1. The molecule has 9 heteroatoms. The third-order valence-corrected chi connectivity index (χ3v) is 7.31. The van der Waals surface area contributed by atoms with Crippen molar-refractivity contribution >= 4 is 22.6 Å². The standard InChI is InChI=1S/C27H35N7O2/c1-16(2)24-25(18-12-22(36-5)27-29-15-30-34(27)14-18)32-21-11-10-20(31-26(21)24)17-6-8-19(9-7-17)28-13-23(35)33(3)4/h10-12,14-17,19,28,32H,6-9,13H2,1-5H3. The quantitative estimate of drug-likeness (QED) is 0.405. The van der Waals surface area contributed by atoms with Gasteiger partial charge < -0.3 is 19.9 Å². The zero-order valence-electron chi connectivity index (χ0n) is 21.7. The highest BCUT2D eigenvalue weighted by Gasteiger charge is 2.25. The van der Waals surface area contributed by atoms with E-state index in [-0.39, 0.29) is 11.8 Å². The fourth-order valence-corrected chi connectivity index (χ4v) is 5.28. The van der Waals surface area contributed by atoms with Crippen molar-refractivity contribution in [3.8, 4) is 17.0 Å². The van der Waals surface area contributed by atoms with Crippen molar-refractivity contribution in [2.75, 3.05) is 27.7 Å². The topological polar surface area (TPSA) is 100 Å². The van der Waals surface area contributed by atoms with E-state index in [9.17, 15) is 4.79 Å². The first-order valence-electron chi connectivity index (χ1n) is 12.7. The summed E-state index contributed by atoms with van der Waals surface area (Å²) in [4.78, 5) is 26.7. The van der Waals surface area contributed by atoms with E-state index in [1.54, 1.807) is 30.6 Å². The van der Waals surface area contributed by atoms with Gasteiger partial charge in [0.2, 0.25) is 5.91 Å². The number of aromatic amines is 1. The van der Waals surface area contributed by atoms with Gasteiger partial charge in [-0.15, -0.1) is 0 Å². The molecule has 0 unspecified atom stereocenters. The average Bonchev–Trinajstić information content (AvgIpc) is 3.51. The first-order valence-corrected chi connectivity index (χ1v) is 12.7. The lowest BCUT2D eigenvalue weighted by molar-refractivity contribution is -0.127. The van der Waals surface area contributed by atoms with Gasteiger partial charge >= 0.3 is 0 Å². The highest BCUT2D eigenvalue weighted by molar-refractivity contribution is 5.89. The van der Waals surface area contributed by atoms with Crippen LogP contribution in [0.1, 0.15) is 62.6 Å². The summed E-state index contributed by atoms with van der Waals surface area (Å²) in [5, 5.41) is 7.76. The van der Waals surface area contributed by atoms with Crippen molar-refractivity contribution in [2.24, 2.45) is 0 Å². The smallest absolute Gasteiger partial charge is 0.236 e. The third kappa shape index (κ3) is 4.55. The Morgan fingerprint density at radius 2 is 2.03 bits per heavy atom. The third-order valence-electron chi connectivity index (χ3n) is 7.31. The fraction of sp³-hybridized carbons (Fsp3) is 0.481. The lowest BCUT2D eigenvalue weighted by atomic mass is 9.83. The number of aromatic nitrogens is 5. The van der Waals surface area contributed by atoms with Gasteiger partial charge in [-0.1, -0.05) is 13.8 Å². The number of hydrogen-bond acceptors (Lipinski definition) is 6. The molecule has 5 rings (SSSR count). The molecular weight excluding hydrogens is 454 g/mol. The van der Waals surface area contributed by atoms with Gasteiger partial charge in [0.1, 0.15) is 6.33 Å². The van der Waals surface area contributed by atoms with Crippen molar-refractivity contribution in [2.45, 2.75) is 57.4 Å². The number of methoxy groups -OCH3 is 1. The van der Waals surface area contributed by atoms with Gasteiger partial charge in [0, 0.05) is 49.1 Å². The maximum Gasteiger partial charge on any atom is 0.236 e. The van der Waals surface area contributed by atoms with Crippen LogP contribution in [0.15, 0.2) is 30.7 Å². The van der Waals surface area contributed by atoms with Crippen LogP contribution in [0.2, 0.25) is 0 Å². The maximum atomic E-state index is 11.9. The van der Waals surface area contributed by atoms with Crippen molar-refractivity contribution in [1.29, 1.82) is 0 Å². The monoisotopic (exact) mass is 489 g/mol. The first-order chi connectivity index (χ1) is 17.4. The molecule has 1 saturated carbocycles. The molecule has 1 aliphatic carbocycles. The molecule has 1 amide bonds. The van der Waals surface area contributed by atoms with Crippen molar-refractivity contribution < 1.29 is 9.53 Å². The van der Waals surface area contributed by atoms with E-state index in [1.807, 2.05) is 12.3 Å². The molecule has 1 fully saturated rings. The Balaban J connectivity index is 1.42. The van der Waals surface area contributed by atoms with E-state index < -0.39 is 0 Å². The van der Waals surface area contributed by atoms with E-state index in [1.165, 1.54) is 11.9 Å². The number of carbonyl (C=O) groups excluding carboxylic acids is 1. The molecule has 2 N–H and O–H groups in total. The van der Waals surface area contributed by atoms with E-state index in [0.717, 1.165) is 53.7 Å². The highest BCUT2D eigenvalue weighted by atomic mass is 16.5. The summed E-state index contributed by atoms with van der Waals surface area (Å²) < 4.78 is 7.34. The molecule has 0 aliphatic heterocycles. The van der Waals surface area contributed by atoms with Gasteiger partial charge in [-0.05, 0) is 49.8 Å². The summed E-state index contributed by atoms with van der Waals surface area (Å²) >= 11 is 0. The summed E-state index contributed by atoms with van der Waals surface area (Å²) in [6, 6.07) is 6.73. The second kappa shape index (κ2) is 9.89. The van der Waals surface area contributed by atoms with E-state index >= 15 is 0 Å². The molecule has 4 heterocycles. The molecule has 4 aromatic heterocycles. The number of nitrogens with zero attached hydrogens (tertiary/aromatic N) is 5. The molecule has 1 aliphatic rings. The molecule has 0 bridgehead atoms. The summed E-state index contributed by atoms with van der Waals surface area (Å²) in [5.74, 6) is 1.52. The summed E-state index contributed by atoms with van der Waals surface area (Å²) in [6.45, 7) is 4.82. The van der Waals surface area contributed by atoms with Crippen LogP contribution in [-0.4, -0.2) is 69.2 Å². The lowest BCUT2D eigenvalue weighted by Gasteiger charge is -2.29. The number of ether oxygens (including phenoxy) is 1. The van der Waals surface area contributed by atoms with Gasteiger partial charge in [0.05, 0.1) is 30.4 Å². The maximum absolute atomic E-state index is 11.9. The summed E-state index contributed by atoms with van der Waals surface area (Å²) in [6.07, 6.45) is 7.77. The number of likely N-dealkylation sites (N-methyl/N-ethyl adjacent to an activating group) is 1. The minimum Gasteiger partial charge on any atom is -0.493 e. The van der Waals surface area contributed by atoms with Gasteiger partial charge in [-0.25, -0.2) is 9.50 Å². The van der Waals surface area contributed by atoms with E-state index in [0.29, 0.717) is 29.9 Å². The normalized spacial score (nSPS) is 18.3. The number of amides is 1. The minimum atomic E-state index is 0.120. The van der Waals surface area contributed by atoms with Crippen LogP contribution < -0.4 is 10.1 Å². The largest absolute Gasteiger partial charge is 0.493 e. The molecule has 0 aromatic carbocycles. The van der Waals surface area contributed by atoms with Gasteiger partial charge in [0.25, 0.3) is 0 Å². The SMILES string of the molecule is COc1cc(-c2[nH]c3ccc(C4CCC(NCC(=O)N(C)C)CC4)nc3c2C(C)C)cn2ncnc12. The number of nitrogens with one attached hydrogen (secondary N) is 2. The summed E-state index contributed by atoms with van der Waals surface area (Å²) in [5.41, 5.74) is 7.15. The molecule has 0 atom stereocenters. The second-order valence-corrected chi connectivity index (χ2v) is 10.2. The van der Waals surface area contributed by atoms with Crippen LogP contribution in [0, 0.1) is 0 Å². The molecule has 9 nitrogen and oxygen atoms in total. The lowest BCUT2D eigenvalue weighted by Crippen LogP contribution is -2.40. The highest BCUT2D eigenvalue weighted by Crippen LogP contribution is 2.38. The predicted molar refractivity (Wildman–Crippen MR) is 140 cm³/mol. The van der Waals surface area contributed by atoms with Crippen molar-refractivity contribution in [3.63, 3.8) is 0 Å². The van der Waals surface area contributed by atoms with Gasteiger partial charge in [-0.2, -0.15) is 5.10 Å². The van der Waals surface area contributed by atoms with E-state index in [2.05, 4.69) is 46.4 Å². The molecular formula is C27H35N7O2. The molecule has 0 spiro atoms. The zero-order valence-corrected chi connectivity index (χ0v) is 21.7. The summed E-state index contributed by atoms with van der Waals surface area (Å²) in [7, 11) is 5.24. The Morgan fingerprint density at radius 1 is 1.25 bits per heavy atom. The van der Waals surface area contributed by atoms with Crippen LogP contribution >= 0.6 is 0 Å². The minimum absolute atomic E-state index is 0.120. The first kappa shape index (κ1) is 24.2. The Labute approximate surface area is 211 Å². The Kier molecular flexibility index (Phi) is 6.66. The average molecular weight is 490 g/mol.